The Morgan fingerprint density at radius 1 is 0.612 bits per heavy atom. The van der Waals surface area contributed by atoms with Crippen molar-refractivity contribution in [3.05, 3.63) is 24.3 Å². The van der Waals surface area contributed by atoms with Crippen molar-refractivity contribution in [1.82, 2.24) is 5.32 Å². The van der Waals surface area contributed by atoms with Gasteiger partial charge in [-0.25, -0.2) is 4.57 Å². The van der Waals surface area contributed by atoms with Gasteiger partial charge in [-0.3, -0.25) is 18.6 Å². The maximum atomic E-state index is 12.0. The van der Waals surface area contributed by atoms with E-state index in [1.807, 2.05) is 0 Å². The Hall–Kier alpha value is -1.51. The maximum Gasteiger partial charge on any atom is 0.472 e. The molecule has 0 bridgehead atoms. The van der Waals surface area contributed by atoms with Crippen LogP contribution in [-0.2, 0) is 27.9 Å². The minimum absolute atomic E-state index is 0.0774. The van der Waals surface area contributed by atoms with Crippen LogP contribution in [0.15, 0.2) is 24.3 Å². The SMILES string of the molecule is CCC/C=C\CCCCCCCC(=O)NCCOP(=O)(O)OCC(O)COC(=O)CCCCCCCCC/C=C\CCCCCCCCC. The van der Waals surface area contributed by atoms with E-state index in [1.165, 1.54) is 96.3 Å². The van der Waals surface area contributed by atoms with Crippen molar-refractivity contribution in [2.24, 2.45) is 0 Å². The van der Waals surface area contributed by atoms with Gasteiger partial charge in [-0.2, -0.15) is 0 Å². The number of aliphatic hydroxyl groups is 1. The third-order valence-corrected chi connectivity index (χ3v) is 9.32. The van der Waals surface area contributed by atoms with Crippen LogP contribution in [0.2, 0.25) is 0 Å². The molecule has 0 spiro atoms. The third-order valence-electron chi connectivity index (χ3n) is 8.33. The molecule has 0 saturated carbocycles. The van der Waals surface area contributed by atoms with Crippen molar-refractivity contribution in [1.29, 1.82) is 0 Å². The molecule has 9 nitrogen and oxygen atoms in total. The van der Waals surface area contributed by atoms with Gasteiger partial charge in [0.2, 0.25) is 5.91 Å². The molecule has 288 valence electrons. The molecule has 0 rings (SSSR count). The fourth-order valence-corrected chi connectivity index (χ4v) is 6.07. The summed E-state index contributed by atoms with van der Waals surface area (Å²) >= 11 is 0. The Balaban J connectivity index is 3.61. The number of carbonyl (C=O) groups excluding carboxylic acids is 2. The fraction of sp³-hybridized carbons (Fsp3) is 0.846. The van der Waals surface area contributed by atoms with E-state index >= 15 is 0 Å². The molecule has 0 aliphatic carbocycles. The van der Waals surface area contributed by atoms with E-state index in [9.17, 15) is 24.2 Å². The van der Waals surface area contributed by atoms with E-state index < -0.39 is 26.5 Å². The average Bonchev–Trinajstić information content (AvgIpc) is 3.08. The highest BCUT2D eigenvalue weighted by Crippen LogP contribution is 2.42. The molecule has 2 unspecified atom stereocenters. The highest BCUT2D eigenvalue weighted by molar-refractivity contribution is 7.47. The first kappa shape index (κ1) is 47.5. The van der Waals surface area contributed by atoms with E-state index in [2.05, 4.69) is 43.5 Å². The zero-order valence-corrected chi connectivity index (χ0v) is 32.3. The van der Waals surface area contributed by atoms with Gasteiger partial charge < -0.3 is 20.1 Å². The van der Waals surface area contributed by atoms with Crippen LogP contribution >= 0.6 is 7.82 Å². The molecule has 0 saturated heterocycles. The lowest BCUT2D eigenvalue weighted by atomic mass is 10.1. The number of hydrogen-bond acceptors (Lipinski definition) is 7. The quantitative estimate of drug-likeness (QED) is 0.0251. The number of nitrogens with one attached hydrogen (secondary N) is 1. The molecule has 3 N–H and O–H groups in total. The molecule has 0 aromatic heterocycles. The number of carbonyl (C=O) groups is 2. The van der Waals surface area contributed by atoms with Gasteiger partial charge in [-0.15, -0.1) is 0 Å². The standard InChI is InChI=1S/C39H74NO8P/c1-3-5-7-9-11-13-15-16-17-18-19-20-21-22-24-26-28-30-32-39(43)46-35-37(41)36-48-49(44,45)47-34-33-40-38(42)31-29-27-25-23-14-12-10-8-6-4-2/h8,10,17-18,37,41H,3-7,9,11-16,19-36H2,1-2H3,(H,40,42)(H,44,45)/b10-8-,18-17-. The minimum atomic E-state index is -4.41. The number of esters is 1. The van der Waals surface area contributed by atoms with E-state index in [-0.39, 0.29) is 32.1 Å². The smallest absolute Gasteiger partial charge is 0.463 e. The van der Waals surface area contributed by atoms with Gasteiger partial charge in [0.1, 0.15) is 12.7 Å². The summed E-state index contributed by atoms with van der Waals surface area (Å²) in [6, 6.07) is 0. The summed E-state index contributed by atoms with van der Waals surface area (Å²) in [5.41, 5.74) is 0. The molecule has 0 aromatic carbocycles. The molecule has 0 fully saturated rings. The van der Waals surface area contributed by atoms with Gasteiger partial charge in [0, 0.05) is 19.4 Å². The second-order valence-electron chi connectivity index (χ2n) is 13.2. The summed E-state index contributed by atoms with van der Waals surface area (Å²) in [5, 5.41) is 12.6. The van der Waals surface area contributed by atoms with Crippen LogP contribution in [-0.4, -0.2) is 54.3 Å². The van der Waals surface area contributed by atoms with Crippen LogP contribution in [0.25, 0.3) is 0 Å². The largest absolute Gasteiger partial charge is 0.472 e. The van der Waals surface area contributed by atoms with Crippen LogP contribution in [0.1, 0.15) is 181 Å². The summed E-state index contributed by atoms with van der Waals surface area (Å²) in [6.45, 7) is 3.47. The van der Waals surface area contributed by atoms with Crippen LogP contribution in [0.3, 0.4) is 0 Å². The first-order valence-electron chi connectivity index (χ1n) is 19.8. The number of ether oxygens (including phenoxy) is 1. The van der Waals surface area contributed by atoms with Crippen LogP contribution in [0.5, 0.6) is 0 Å². The lowest BCUT2D eigenvalue weighted by Gasteiger charge is -2.15. The molecule has 2 atom stereocenters. The molecule has 0 aliphatic heterocycles. The van der Waals surface area contributed by atoms with Gasteiger partial charge in [0.05, 0.1) is 13.2 Å². The van der Waals surface area contributed by atoms with Crippen molar-refractivity contribution in [3.63, 3.8) is 0 Å². The zero-order chi connectivity index (χ0) is 36.1. The van der Waals surface area contributed by atoms with E-state index in [1.54, 1.807) is 0 Å². The van der Waals surface area contributed by atoms with E-state index in [4.69, 9.17) is 13.8 Å². The lowest BCUT2D eigenvalue weighted by Crippen LogP contribution is -2.27. The normalized spacial score (nSPS) is 13.6. The summed E-state index contributed by atoms with van der Waals surface area (Å²) in [5.74, 6) is -0.531. The van der Waals surface area contributed by atoms with Crippen molar-refractivity contribution in [2.45, 2.75) is 187 Å². The number of amides is 1. The Bertz CT molecular complexity index is 866. The number of hydrogen-bond donors (Lipinski definition) is 3. The Morgan fingerprint density at radius 2 is 1.08 bits per heavy atom. The average molecular weight is 716 g/mol. The van der Waals surface area contributed by atoms with Crippen molar-refractivity contribution < 1.29 is 37.9 Å². The highest BCUT2D eigenvalue weighted by atomic mass is 31.2. The molecule has 0 aliphatic rings. The summed E-state index contributed by atoms with van der Waals surface area (Å²) < 4.78 is 26.8. The van der Waals surface area contributed by atoms with Crippen LogP contribution in [0.4, 0.5) is 0 Å². The van der Waals surface area contributed by atoms with Crippen molar-refractivity contribution >= 4 is 19.7 Å². The number of unbranched alkanes of at least 4 members (excludes halogenated alkanes) is 20. The Morgan fingerprint density at radius 3 is 1.61 bits per heavy atom. The number of aliphatic hydroxyl groups excluding tert-OH is 1. The van der Waals surface area contributed by atoms with E-state index in [0.717, 1.165) is 57.8 Å². The van der Waals surface area contributed by atoms with Gasteiger partial charge in [0.25, 0.3) is 0 Å². The number of rotatable bonds is 37. The lowest BCUT2D eigenvalue weighted by molar-refractivity contribution is -0.147. The second-order valence-corrected chi connectivity index (χ2v) is 14.7. The topological polar surface area (TPSA) is 131 Å². The van der Waals surface area contributed by atoms with Crippen LogP contribution < -0.4 is 5.32 Å². The molecule has 10 heteroatoms. The Kier molecular flexibility index (Phi) is 35.2. The molecule has 49 heavy (non-hydrogen) atoms. The predicted molar refractivity (Wildman–Crippen MR) is 201 cm³/mol. The number of phosphoric ester groups is 1. The van der Waals surface area contributed by atoms with Crippen molar-refractivity contribution in [2.75, 3.05) is 26.4 Å². The maximum absolute atomic E-state index is 12.0. The monoisotopic (exact) mass is 716 g/mol. The molecular formula is C39H74NO8P. The first-order chi connectivity index (χ1) is 23.8. The minimum Gasteiger partial charge on any atom is -0.463 e. The fourth-order valence-electron chi connectivity index (χ4n) is 5.32. The zero-order valence-electron chi connectivity index (χ0n) is 31.4. The van der Waals surface area contributed by atoms with Gasteiger partial charge in [0.15, 0.2) is 0 Å². The highest BCUT2D eigenvalue weighted by Gasteiger charge is 2.23. The van der Waals surface area contributed by atoms with Gasteiger partial charge >= 0.3 is 13.8 Å². The molecule has 0 heterocycles. The molecule has 1 amide bonds. The summed E-state index contributed by atoms with van der Waals surface area (Å²) in [6.07, 6.45) is 36.8. The second kappa shape index (κ2) is 36.3. The molecule has 0 radical (unpaired) electrons. The number of allylic oxidation sites excluding steroid dienone is 4. The van der Waals surface area contributed by atoms with Gasteiger partial charge in [-0.1, -0.05) is 134 Å². The summed E-state index contributed by atoms with van der Waals surface area (Å²) in [4.78, 5) is 33.7. The Labute approximate surface area is 300 Å². The predicted octanol–water partition coefficient (Wildman–Crippen LogP) is 10.4. The third kappa shape index (κ3) is 37.6. The molecular weight excluding hydrogens is 641 g/mol. The number of phosphoric acid groups is 1. The summed E-state index contributed by atoms with van der Waals surface area (Å²) in [7, 11) is -4.41. The molecule has 0 aromatic rings. The van der Waals surface area contributed by atoms with Crippen molar-refractivity contribution in [3.8, 4) is 0 Å². The van der Waals surface area contributed by atoms with Gasteiger partial charge in [-0.05, 0) is 57.8 Å². The first-order valence-corrected chi connectivity index (χ1v) is 21.3. The van der Waals surface area contributed by atoms with Crippen LogP contribution in [0, 0.1) is 0 Å². The van der Waals surface area contributed by atoms with E-state index in [0.29, 0.717) is 6.42 Å².